The van der Waals surface area contributed by atoms with Crippen molar-refractivity contribution in [3.8, 4) is 5.75 Å². The van der Waals surface area contributed by atoms with Crippen molar-refractivity contribution >= 4 is 5.91 Å². The molecule has 1 amide bonds. The molecule has 1 rings (SSSR count). The van der Waals surface area contributed by atoms with Gasteiger partial charge in [-0.3, -0.25) is 4.79 Å². The lowest BCUT2D eigenvalue weighted by molar-refractivity contribution is -0.120. The molecule has 4 heteroatoms. The third-order valence-electron chi connectivity index (χ3n) is 2.56. The number of hydrogen-bond donors (Lipinski definition) is 2. The van der Waals surface area contributed by atoms with Gasteiger partial charge in [0.1, 0.15) is 5.75 Å². The van der Waals surface area contributed by atoms with Gasteiger partial charge in [-0.1, -0.05) is 12.1 Å². The molecule has 0 radical (unpaired) electrons. The van der Waals surface area contributed by atoms with Crippen LogP contribution in [0.3, 0.4) is 0 Å². The highest BCUT2D eigenvalue weighted by Gasteiger charge is 2.10. The van der Waals surface area contributed by atoms with Crippen LogP contribution in [0.1, 0.15) is 40.2 Å². The van der Waals surface area contributed by atoms with Gasteiger partial charge in [-0.2, -0.15) is 0 Å². The first-order valence-electron chi connectivity index (χ1n) is 7.03. The fourth-order valence-corrected chi connectivity index (χ4v) is 1.57. The van der Waals surface area contributed by atoms with E-state index in [0.29, 0.717) is 13.1 Å². The second-order valence-corrected chi connectivity index (χ2v) is 6.19. The molecule has 0 saturated heterocycles. The highest BCUT2D eigenvalue weighted by atomic mass is 16.5. The molecular formula is C16H26N2O2. The van der Waals surface area contributed by atoms with Gasteiger partial charge in [0.15, 0.2) is 0 Å². The number of rotatable bonds is 6. The molecule has 20 heavy (non-hydrogen) atoms. The van der Waals surface area contributed by atoms with Crippen molar-refractivity contribution in [3.05, 3.63) is 29.8 Å². The minimum absolute atomic E-state index is 0.00225. The Morgan fingerprint density at radius 2 is 1.80 bits per heavy atom. The molecule has 0 atom stereocenters. The molecule has 0 heterocycles. The normalized spacial score (nSPS) is 11.5. The zero-order valence-electron chi connectivity index (χ0n) is 13.1. The van der Waals surface area contributed by atoms with E-state index < -0.39 is 0 Å². The molecule has 1 aromatic rings. The van der Waals surface area contributed by atoms with Gasteiger partial charge in [0.25, 0.3) is 0 Å². The van der Waals surface area contributed by atoms with Crippen molar-refractivity contribution in [1.82, 2.24) is 10.6 Å². The molecule has 0 fully saturated rings. The van der Waals surface area contributed by atoms with E-state index >= 15 is 0 Å². The Hall–Kier alpha value is -1.55. The summed E-state index contributed by atoms with van der Waals surface area (Å²) in [5.41, 5.74) is 1.01. The largest absolute Gasteiger partial charge is 0.491 e. The van der Waals surface area contributed by atoms with Crippen LogP contribution < -0.4 is 15.4 Å². The predicted molar refractivity (Wildman–Crippen MR) is 81.8 cm³/mol. The third-order valence-corrected chi connectivity index (χ3v) is 2.56. The SMILES string of the molecule is CC(C)Oc1ccc(CNC(=O)CNC(C)(C)C)cc1. The number of ether oxygens (including phenoxy) is 1. The first-order valence-corrected chi connectivity index (χ1v) is 7.03. The first kappa shape index (κ1) is 16.5. The Labute approximate surface area is 121 Å². The Kier molecular flexibility index (Phi) is 6.02. The fraction of sp³-hybridized carbons (Fsp3) is 0.562. The lowest BCUT2D eigenvalue weighted by Crippen LogP contribution is -2.43. The molecule has 112 valence electrons. The van der Waals surface area contributed by atoms with E-state index in [2.05, 4.69) is 10.6 Å². The zero-order valence-corrected chi connectivity index (χ0v) is 13.1. The molecule has 0 spiro atoms. The topological polar surface area (TPSA) is 50.4 Å². The predicted octanol–water partition coefficient (Wildman–Crippen LogP) is 2.48. The Morgan fingerprint density at radius 1 is 1.20 bits per heavy atom. The molecular weight excluding hydrogens is 252 g/mol. The minimum Gasteiger partial charge on any atom is -0.491 e. The van der Waals surface area contributed by atoms with E-state index in [1.807, 2.05) is 58.9 Å². The summed E-state index contributed by atoms with van der Waals surface area (Å²) in [5, 5.41) is 6.05. The lowest BCUT2D eigenvalue weighted by Gasteiger charge is -2.20. The highest BCUT2D eigenvalue weighted by Crippen LogP contribution is 2.13. The average molecular weight is 278 g/mol. The first-order chi connectivity index (χ1) is 9.26. The van der Waals surface area contributed by atoms with E-state index in [4.69, 9.17) is 4.74 Å². The summed E-state index contributed by atoms with van der Waals surface area (Å²) >= 11 is 0. The number of nitrogens with one attached hydrogen (secondary N) is 2. The standard InChI is InChI=1S/C16H26N2O2/c1-12(2)20-14-8-6-13(7-9-14)10-17-15(19)11-18-16(3,4)5/h6-9,12,18H,10-11H2,1-5H3,(H,17,19). The quantitative estimate of drug-likeness (QED) is 0.840. The summed E-state index contributed by atoms with van der Waals surface area (Å²) in [6, 6.07) is 7.79. The van der Waals surface area contributed by atoms with Crippen LogP contribution in [-0.2, 0) is 11.3 Å². The Balaban J connectivity index is 2.36. The number of amides is 1. The number of hydrogen-bond acceptors (Lipinski definition) is 3. The van der Waals surface area contributed by atoms with Gasteiger partial charge in [-0.15, -0.1) is 0 Å². The second kappa shape index (κ2) is 7.29. The van der Waals surface area contributed by atoms with Crippen molar-refractivity contribution in [3.63, 3.8) is 0 Å². The van der Waals surface area contributed by atoms with Gasteiger partial charge >= 0.3 is 0 Å². The van der Waals surface area contributed by atoms with E-state index in [0.717, 1.165) is 11.3 Å². The molecule has 0 aromatic heterocycles. The van der Waals surface area contributed by atoms with Crippen molar-refractivity contribution in [2.45, 2.75) is 52.8 Å². The lowest BCUT2D eigenvalue weighted by atomic mass is 10.1. The molecule has 0 aliphatic carbocycles. The molecule has 0 bridgehead atoms. The third kappa shape index (κ3) is 7.14. The van der Waals surface area contributed by atoms with Crippen LogP contribution in [0.25, 0.3) is 0 Å². The monoisotopic (exact) mass is 278 g/mol. The van der Waals surface area contributed by atoms with Crippen molar-refractivity contribution in [1.29, 1.82) is 0 Å². The molecule has 0 aliphatic rings. The summed E-state index contributed by atoms with van der Waals surface area (Å²) in [6.45, 7) is 11.0. The zero-order chi connectivity index (χ0) is 15.2. The summed E-state index contributed by atoms with van der Waals surface area (Å²) in [4.78, 5) is 11.7. The molecule has 0 aliphatic heterocycles. The minimum atomic E-state index is -0.0484. The molecule has 2 N–H and O–H groups in total. The number of carbonyl (C=O) groups excluding carboxylic acids is 1. The second-order valence-electron chi connectivity index (χ2n) is 6.19. The summed E-state index contributed by atoms with van der Waals surface area (Å²) in [5.74, 6) is 0.854. The van der Waals surface area contributed by atoms with Crippen LogP contribution in [0, 0.1) is 0 Å². The maximum absolute atomic E-state index is 11.7. The summed E-state index contributed by atoms with van der Waals surface area (Å²) in [7, 11) is 0. The van der Waals surface area contributed by atoms with Crippen LogP contribution in [0.4, 0.5) is 0 Å². The van der Waals surface area contributed by atoms with E-state index in [-0.39, 0.29) is 17.6 Å². The number of benzene rings is 1. The van der Waals surface area contributed by atoms with Crippen LogP contribution in [0.5, 0.6) is 5.75 Å². The van der Waals surface area contributed by atoms with E-state index in [9.17, 15) is 4.79 Å². The maximum atomic E-state index is 11.7. The van der Waals surface area contributed by atoms with Gasteiger partial charge in [-0.25, -0.2) is 0 Å². The van der Waals surface area contributed by atoms with Gasteiger partial charge in [0, 0.05) is 12.1 Å². The maximum Gasteiger partial charge on any atom is 0.234 e. The van der Waals surface area contributed by atoms with Crippen molar-refractivity contribution < 1.29 is 9.53 Å². The van der Waals surface area contributed by atoms with Gasteiger partial charge < -0.3 is 15.4 Å². The summed E-state index contributed by atoms with van der Waals surface area (Å²) < 4.78 is 5.57. The average Bonchev–Trinajstić information content (AvgIpc) is 2.34. The summed E-state index contributed by atoms with van der Waals surface area (Å²) in [6.07, 6.45) is 0.170. The van der Waals surface area contributed by atoms with Crippen LogP contribution in [-0.4, -0.2) is 24.1 Å². The smallest absolute Gasteiger partial charge is 0.234 e. The van der Waals surface area contributed by atoms with Crippen LogP contribution in [0.2, 0.25) is 0 Å². The molecule has 0 saturated carbocycles. The fourth-order valence-electron chi connectivity index (χ4n) is 1.57. The van der Waals surface area contributed by atoms with Gasteiger partial charge in [-0.05, 0) is 52.3 Å². The van der Waals surface area contributed by atoms with E-state index in [1.54, 1.807) is 0 Å². The van der Waals surface area contributed by atoms with Crippen LogP contribution >= 0.6 is 0 Å². The Morgan fingerprint density at radius 3 is 2.30 bits per heavy atom. The molecule has 4 nitrogen and oxygen atoms in total. The number of carbonyl (C=O) groups is 1. The molecule has 0 unspecified atom stereocenters. The van der Waals surface area contributed by atoms with Gasteiger partial charge in [0.2, 0.25) is 5.91 Å². The van der Waals surface area contributed by atoms with Gasteiger partial charge in [0.05, 0.1) is 12.6 Å². The van der Waals surface area contributed by atoms with E-state index in [1.165, 1.54) is 0 Å². The molecule has 1 aromatic carbocycles. The Bertz CT molecular complexity index is 419. The van der Waals surface area contributed by atoms with Crippen molar-refractivity contribution in [2.24, 2.45) is 0 Å². The van der Waals surface area contributed by atoms with Crippen LogP contribution in [0.15, 0.2) is 24.3 Å². The highest BCUT2D eigenvalue weighted by molar-refractivity contribution is 5.78. The van der Waals surface area contributed by atoms with Crippen molar-refractivity contribution in [2.75, 3.05) is 6.54 Å².